The quantitative estimate of drug-likeness (QED) is 0.886. The smallest absolute Gasteiger partial charge is 0.307 e. The fourth-order valence-corrected chi connectivity index (χ4v) is 2.82. The molecule has 0 aromatic heterocycles. The molecule has 1 aliphatic heterocycles. The molecule has 2 aromatic rings. The average molecular weight is 325 g/mol. The van der Waals surface area contributed by atoms with E-state index >= 15 is 0 Å². The second kappa shape index (κ2) is 7.27. The number of aliphatic carboxylic acids is 1. The molecular weight excluding hydrogens is 306 g/mol. The van der Waals surface area contributed by atoms with Gasteiger partial charge < -0.3 is 15.2 Å². The topological polar surface area (TPSA) is 75.6 Å². The van der Waals surface area contributed by atoms with E-state index in [-0.39, 0.29) is 12.3 Å². The summed E-state index contributed by atoms with van der Waals surface area (Å²) in [7, 11) is 0. The number of carbonyl (C=O) groups is 2. The number of carboxylic acid groups (broad SMARTS) is 1. The molecule has 3 rings (SSSR count). The number of carbonyl (C=O) groups excluding carboxylic acids is 1. The van der Waals surface area contributed by atoms with Crippen LogP contribution in [0.5, 0.6) is 0 Å². The normalized spacial score (nSPS) is 16.8. The highest BCUT2D eigenvalue weighted by Crippen LogP contribution is 2.26. The molecule has 1 atom stereocenters. The Bertz CT molecular complexity index is 733. The van der Waals surface area contributed by atoms with Gasteiger partial charge in [0.1, 0.15) is 0 Å². The van der Waals surface area contributed by atoms with Crippen molar-refractivity contribution in [2.75, 3.05) is 18.5 Å². The minimum atomic E-state index is -0.875. The van der Waals surface area contributed by atoms with Crippen molar-refractivity contribution in [3.63, 3.8) is 0 Å². The third-order valence-electron chi connectivity index (χ3n) is 4.12. The molecule has 2 N–H and O–H groups in total. The van der Waals surface area contributed by atoms with Crippen LogP contribution < -0.4 is 5.32 Å². The van der Waals surface area contributed by atoms with Crippen molar-refractivity contribution in [1.82, 2.24) is 0 Å². The predicted molar refractivity (Wildman–Crippen MR) is 90.4 cm³/mol. The van der Waals surface area contributed by atoms with Gasteiger partial charge in [0.05, 0.1) is 13.0 Å². The van der Waals surface area contributed by atoms with Crippen molar-refractivity contribution >= 4 is 17.6 Å². The molecule has 1 fully saturated rings. The Kier molecular flexibility index (Phi) is 4.91. The molecule has 0 spiro atoms. The monoisotopic (exact) mass is 325 g/mol. The van der Waals surface area contributed by atoms with Gasteiger partial charge in [-0.3, -0.25) is 9.59 Å². The van der Waals surface area contributed by atoms with Crippen LogP contribution >= 0.6 is 0 Å². The van der Waals surface area contributed by atoms with Crippen molar-refractivity contribution in [1.29, 1.82) is 0 Å². The van der Waals surface area contributed by atoms with Crippen molar-refractivity contribution in [3.05, 3.63) is 65.2 Å². The van der Waals surface area contributed by atoms with Crippen LogP contribution in [0.4, 0.5) is 5.69 Å². The number of anilines is 1. The van der Waals surface area contributed by atoms with Crippen LogP contribution in [-0.2, 0) is 16.0 Å². The van der Waals surface area contributed by atoms with E-state index in [1.165, 1.54) is 0 Å². The average Bonchev–Trinajstić information content (AvgIpc) is 3.11. The summed E-state index contributed by atoms with van der Waals surface area (Å²) in [5, 5.41) is 11.6. The zero-order chi connectivity index (χ0) is 16.9. The first-order valence-electron chi connectivity index (χ1n) is 7.91. The molecular formula is C19H19NO4. The highest BCUT2D eigenvalue weighted by molar-refractivity contribution is 6.04. The number of amides is 1. The maximum Gasteiger partial charge on any atom is 0.307 e. The maximum atomic E-state index is 12.4. The van der Waals surface area contributed by atoms with E-state index < -0.39 is 5.97 Å². The molecule has 5 nitrogen and oxygen atoms in total. The largest absolute Gasteiger partial charge is 0.481 e. The third-order valence-corrected chi connectivity index (χ3v) is 4.12. The SMILES string of the molecule is O=C(O)Cc1ccc(NC(=O)c2cccc(C3CCOC3)c2)cc1. The van der Waals surface area contributed by atoms with Gasteiger partial charge in [-0.15, -0.1) is 0 Å². The number of hydrogen-bond acceptors (Lipinski definition) is 3. The molecule has 0 saturated carbocycles. The van der Waals surface area contributed by atoms with Crippen LogP contribution in [0.15, 0.2) is 48.5 Å². The zero-order valence-corrected chi connectivity index (χ0v) is 13.2. The summed E-state index contributed by atoms with van der Waals surface area (Å²) in [5.74, 6) is -0.700. The summed E-state index contributed by atoms with van der Waals surface area (Å²) in [6.07, 6.45) is 0.954. The molecule has 1 aliphatic rings. The number of benzene rings is 2. The molecule has 5 heteroatoms. The molecule has 24 heavy (non-hydrogen) atoms. The van der Waals surface area contributed by atoms with E-state index in [1.807, 2.05) is 18.2 Å². The molecule has 2 aromatic carbocycles. The van der Waals surface area contributed by atoms with E-state index in [4.69, 9.17) is 9.84 Å². The van der Waals surface area contributed by atoms with Crippen LogP contribution in [0, 0.1) is 0 Å². The summed E-state index contributed by atoms with van der Waals surface area (Å²) in [6, 6.07) is 14.4. The van der Waals surface area contributed by atoms with Crippen molar-refractivity contribution < 1.29 is 19.4 Å². The minimum absolute atomic E-state index is 0.0280. The molecule has 1 saturated heterocycles. The van der Waals surface area contributed by atoms with E-state index in [1.54, 1.807) is 30.3 Å². The van der Waals surface area contributed by atoms with Crippen molar-refractivity contribution in [2.24, 2.45) is 0 Å². The summed E-state index contributed by atoms with van der Waals surface area (Å²) in [4.78, 5) is 23.1. The highest BCUT2D eigenvalue weighted by Gasteiger charge is 2.18. The van der Waals surface area contributed by atoms with Gasteiger partial charge in [-0.25, -0.2) is 0 Å². The Morgan fingerprint density at radius 2 is 1.96 bits per heavy atom. The fourth-order valence-electron chi connectivity index (χ4n) is 2.82. The maximum absolute atomic E-state index is 12.4. The van der Waals surface area contributed by atoms with Crippen LogP contribution in [-0.4, -0.2) is 30.2 Å². The van der Waals surface area contributed by atoms with Gasteiger partial charge in [-0.2, -0.15) is 0 Å². The van der Waals surface area contributed by atoms with Gasteiger partial charge in [0, 0.05) is 23.8 Å². The molecule has 0 bridgehead atoms. The Morgan fingerprint density at radius 3 is 2.62 bits per heavy atom. The Labute approximate surface area is 140 Å². The lowest BCUT2D eigenvalue weighted by molar-refractivity contribution is -0.136. The van der Waals surface area contributed by atoms with Gasteiger partial charge in [0.15, 0.2) is 0 Å². The van der Waals surface area contributed by atoms with E-state index in [2.05, 4.69) is 5.32 Å². The molecule has 1 heterocycles. The van der Waals surface area contributed by atoms with Crippen molar-refractivity contribution in [3.8, 4) is 0 Å². The predicted octanol–water partition coefficient (Wildman–Crippen LogP) is 3.07. The number of rotatable bonds is 5. The molecule has 0 aliphatic carbocycles. The van der Waals surface area contributed by atoms with Gasteiger partial charge in [0.2, 0.25) is 0 Å². The highest BCUT2D eigenvalue weighted by atomic mass is 16.5. The zero-order valence-electron chi connectivity index (χ0n) is 13.2. The Hall–Kier alpha value is -2.66. The van der Waals surface area contributed by atoms with E-state index in [9.17, 15) is 9.59 Å². The second-order valence-corrected chi connectivity index (χ2v) is 5.91. The lowest BCUT2D eigenvalue weighted by atomic mass is 9.96. The summed E-state index contributed by atoms with van der Waals surface area (Å²) in [5.41, 5.74) is 3.07. The molecule has 1 amide bonds. The summed E-state index contributed by atoms with van der Waals surface area (Å²) in [6.45, 7) is 1.47. The first-order chi connectivity index (χ1) is 11.6. The Morgan fingerprint density at radius 1 is 1.17 bits per heavy atom. The molecule has 1 unspecified atom stereocenters. The molecule has 124 valence electrons. The van der Waals surface area contributed by atoms with Crippen molar-refractivity contribution in [2.45, 2.75) is 18.8 Å². The van der Waals surface area contributed by atoms with Gasteiger partial charge in [0.25, 0.3) is 5.91 Å². The van der Waals surface area contributed by atoms with Crippen LogP contribution in [0.1, 0.15) is 33.8 Å². The fraction of sp³-hybridized carbons (Fsp3) is 0.263. The van der Waals surface area contributed by atoms with Crippen LogP contribution in [0.25, 0.3) is 0 Å². The van der Waals surface area contributed by atoms with Crippen LogP contribution in [0.2, 0.25) is 0 Å². The van der Waals surface area contributed by atoms with Gasteiger partial charge >= 0.3 is 5.97 Å². The number of carboxylic acids is 1. The minimum Gasteiger partial charge on any atom is -0.481 e. The first kappa shape index (κ1) is 16.2. The Balaban J connectivity index is 1.68. The number of nitrogens with one attached hydrogen (secondary N) is 1. The first-order valence-corrected chi connectivity index (χ1v) is 7.91. The molecule has 0 radical (unpaired) electrons. The summed E-state index contributed by atoms with van der Waals surface area (Å²) >= 11 is 0. The van der Waals surface area contributed by atoms with E-state index in [0.29, 0.717) is 29.3 Å². The lowest BCUT2D eigenvalue weighted by Gasteiger charge is -2.11. The third kappa shape index (κ3) is 4.00. The van der Waals surface area contributed by atoms with Gasteiger partial charge in [-0.05, 0) is 41.8 Å². The number of ether oxygens (including phenoxy) is 1. The standard InChI is InChI=1S/C19H19NO4/c21-18(22)10-13-4-6-17(7-5-13)20-19(23)15-3-1-2-14(11-15)16-8-9-24-12-16/h1-7,11,16H,8-10,12H2,(H,20,23)(H,21,22). The second-order valence-electron chi connectivity index (χ2n) is 5.91. The number of hydrogen-bond donors (Lipinski definition) is 2. The van der Waals surface area contributed by atoms with Crippen LogP contribution in [0.3, 0.4) is 0 Å². The summed E-state index contributed by atoms with van der Waals surface area (Å²) < 4.78 is 5.40. The van der Waals surface area contributed by atoms with E-state index in [0.717, 1.165) is 18.6 Å². The lowest BCUT2D eigenvalue weighted by Crippen LogP contribution is -2.12. The van der Waals surface area contributed by atoms with Gasteiger partial charge in [-0.1, -0.05) is 24.3 Å².